The maximum Gasteiger partial charge on any atom is 0.125 e. The molecule has 1 N–H and O–H groups in total. The molecule has 1 aromatic rings. The van der Waals surface area contributed by atoms with Gasteiger partial charge in [-0.3, -0.25) is 0 Å². The van der Waals surface area contributed by atoms with Crippen molar-refractivity contribution in [3.8, 4) is 5.75 Å². The van der Waals surface area contributed by atoms with Gasteiger partial charge in [-0.25, -0.2) is 0 Å². The molecule has 0 bridgehead atoms. The van der Waals surface area contributed by atoms with E-state index in [-0.39, 0.29) is 6.10 Å². The topological polar surface area (TPSA) is 29.5 Å². The molecule has 2 heteroatoms. The molecule has 0 spiro atoms. The summed E-state index contributed by atoms with van der Waals surface area (Å²) in [6, 6.07) is 5.97. The van der Waals surface area contributed by atoms with Crippen LogP contribution in [0.2, 0.25) is 0 Å². The number of aliphatic hydroxyl groups excluding tert-OH is 1. The molecular weight excluding hydrogens is 164 g/mol. The lowest BCUT2D eigenvalue weighted by Crippen LogP contribution is -2.06. The van der Waals surface area contributed by atoms with Gasteiger partial charge < -0.3 is 9.84 Å². The normalized spacial score (nSPS) is 12.6. The van der Waals surface area contributed by atoms with Crippen LogP contribution in [-0.2, 0) is 6.42 Å². The molecule has 0 saturated heterocycles. The van der Waals surface area contributed by atoms with Crippen molar-refractivity contribution in [1.82, 2.24) is 0 Å². The van der Waals surface area contributed by atoms with E-state index in [1.54, 1.807) is 14.0 Å². The SMILES string of the molecule is COc1c(C)cccc1C[C@@H](C)O. The average molecular weight is 180 g/mol. The maximum absolute atomic E-state index is 9.26. The third-order valence-corrected chi connectivity index (χ3v) is 2.01. The fourth-order valence-corrected chi connectivity index (χ4v) is 1.48. The van der Waals surface area contributed by atoms with Gasteiger partial charge in [0.15, 0.2) is 0 Å². The van der Waals surface area contributed by atoms with Gasteiger partial charge in [0, 0.05) is 6.42 Å². The predicted molar refractivity (Wildman–Crippen MR) is 53.1 cm³/mol. The van der Waals surface area contributed by atoms with Crippen LogP contribution in [0.15, 0.2) is 18.2 Å². The Kier molecular flexibility index (Phi) is 3.32. The maximum atomic E-state index is 9.26. The molecule has 0 aliphatic heterocycles. The van der Waals surface area contributed by atoms with E-state index >= 15 is 0 Å². The Morgan fingerprint density at radius 1 is 1.46 bits per heavy atom. The Labute approximate surface area is 79.2 Å². The van der Waals surface area contributed by atoms with E-state index in [0.717, 1.165) is 16.9 Å². The van der Waals surface area contributed by atoms with Crippen LogP contribution in [0.3, 0.4) is 0 Å². The van der Waals surface area contributed by atoms with Gasteiger partial charge in [-0.05, 0) is 25.0 Å². The molecule has 0 aromatic heterocycles. The first kappa shape index (κ1) is 10.1. The van der Waals surface area contributed by atoms with E-state index < -0.39 is 0 Å². The lowest BCUT2D eigenvalue weighted by atomic mass is 10.0. The first-order valence-corrected chi connectivity index (χ1v) is 4.45. The van der Waals surface area contributed by atoms with Crippen LogP contribution < -0.4 is 4.74 Å². The van der Waals surface area contributed by atoms with Gasteiger partial charge in [0.05, 0.1) is 13.2 Å². The molecule has 0 aliphatic rings. The summed E-state index contributed by atoms with van der Waals surface area (Å²) in [5, 5.41) is 9.26. The lowest BCUT2D eigenvalue weighted by molar-refractivity contribution is 0.194. The van der Waals surface area contributed by atoms with Gasteiger partial charge in [-0.15, -0.1) is 0 Å². The number of ether oxygens (including phenoxy) is 1. The molecule has 1 aromatic carbocycles. The van der Waals surface area contributed by atoms with E-state index in [1.807, 2.05) is 25.1 Å². The van der Waals surface area contributed by atoms with Crippen LogP contribution >= 0.6 is 0 Å². The predicted octanol–water partition coefficient (Wildman–Crippen LogP) is 1.93. The highest BCUT2D eigenvalue weighted by Crippen LogP contribution is 2.23. The van der Waals surface area contributed by atoms with E-state index in [9.17, 15) is 5.11 Å². The van der Waals surface area contributed by atoms with Crippen molar-refractivity contribution in [3.63, 3.8) is 0 Å². The molecule has 2 nitrogen and oxygen atoms in total. The highest BCUT2D eigenvalue weighted by atomic mass is 16.5. The van der Waals surface area contributed by atoms with Crippen molar-refractivity contribution < 1.29 is 9.84 Å². The van der Waals surface area contributed by atoms with Gasteiger partial charge in [-0.2, -0.15) is 0 Å². The van der Waals surface area contributed by atoms with Crippen LogP contribution in [0.25, 0.3) is 0 Å². The van der Waals surface area contributed by atoms with Gasteiger partial charge >= 0.3 is 0 Å². The van der Waals surface area contributed by atoms with Gasteiger partial charge in [-0.1, -0.05) is 18.2 Å². The molecule has 1 atom stereocenters. The molecule has 0 heterocycles. The van der Waals surface area contributed by atoms with Crippen molar-refractivity contribution in [2.24, 2.45) is 0 Å². The number of hydrogen-bond donors (Lipinski definition) is 1. The molecule has 0 fully saturated rings. The van der Waals surface area contributed by atoms with Crippen molar-refractivity contribution >= 4 is 0 Å². The highest BCUT2D eigenvalue weighted by molar-refractivity contribution is 5.40. The summed E-state index contributed by atoms with van der Waals surface area (Å²) in [5.41, 5.74) is 2.18. The Hall–Kier alpha value is -1.02. The number of benzene rings is 1. The summed E-state index contributed by atoms with van der Waals surface area (Å²) in [4.78, 5) is 0. The number of para-hydroxylation sites is 1. The summed E-state index contributed by atoms with van der Waals surface area (Å²) in [6.07, 6.45) is 0.320. The van der Waals surface area contributed by atoms with Crippen molar-refractivity contribution in [1.29, 1.82) is 0 Å². The Bertz CT molecular complexity index is 279. The molecule has 13 heavy (non-hydrogen) atoms. The Morgan fingerprint density at radius 2 is 2.15 bits per heavy atom. The number of aryl methyl sites for hydroxylation is 1. The fraction of sp³-hybridized carbons (Fsp3) is 0.455. The average Bonchev–Trinajstić information content (AvgIpc) is 2.03. The second kappa shape index (κ2) is 4.28. The highest BCUT2D eigenvalue weighted by Gasteiger charge is 2.07. The zero-order valence-electron chi connectivity index (χ0n) is 8.37. The molecule has 0 saturated carbocycles. The molecule has 0 unspecified atom stereocenters. The smallest absolute Gasteiger partial charge is 0.125 e. The largest absolute Gasteiger partial charge is 0.496 e. The minimum absolute atomic E-state index is 0.323. The molecule has 1 rings (SSSR count). The number of hydrogen-bond acceptors (Lipinski definition) is 2. The third-order valence-electron chi connectivity index (χ3n) is 2.01. The van der Waals surface area contributed by atoms with Crippen molar-refractivity contribution in [2.45, 2.75) is 26.4 Å². The molecule has 0 amide bonds. The van der Waals surface area contributed by atoms with Crippen LogP contribution in [0.5, 0.6) is 5.75 Å². The van der Waals surface area contributed by atoms with E-state index in [1.165, 1.54) is 0 Å². The standard InChI is InChI=1S/C11H16O2/c1-8-5-4-6-10(7-9(2)12)11(8)13-3/h4-6,9,12H,7H2,1-3H3/t9-/m1/s1. The third kappa shape index (κ3) is 2.46. The van der Waals surface area contributed by atoms with E-state index in [0.29, 0.717) is 6.42 Å². The summed E-state index contributed by atoms with van der Waals surface area (Å²) in [6.45, 7) is 3.78. The zero-order chi connectivity index (χ0) is 9.84. The van der Waals surface area contributed by atoms with Crippen molar-refractivity contribution in [3.05, 3.63) is 29.3 Å². The lowest BCUT2D eigenvalue weighted by Gasteiger charge is -2.12. The number of rotatable bonds is 3. The number of aliphatic hydroxyl groups is 1. The number of methoxy groups -OCH3 is 1. The monoisotopic (exact) mass is 180 g/mol. The van der Waals surface area contributed by atoms with E-state index in [4.69, 9.17) is 4.74 Å². The Morgan fingerprint density at radius 3 is 2.69 bits per heavy atom. The van der Waals surface area contributed by atoms with E-state index in [2.05, 4.69) is 0 Å². The van der Waals surface area contributed by atoms with Crippen LogP contribution in [0.1, 0.15) is 18.1 Å². The van der Waals surface area contributed by atoms with Gasteiger partial charge in [0.1, 0.15) is 5.75 Å². The quantitative estimate of drug-likeness (QED) is 0.770. The summed E-state index contributed by atoms with van der Waals surface area (Å²) in [5.74, 6) is 0.892. The molecular formula is C11H16O2. The minimum Gasteiger partial charge on any atom is -0.496 e. The molecule has 72 valence electrons. The zero-order valence-corrected chi connectivity index (χ0v) is 8.37. The Balaban J connectivity index is 2.98. The van der Waals surface area contributed by atoms with Crippen molar-refractivity contribution in [2.75, 3.05) is 7.11 Å². The summed E-state index contributed by atoms with van der Waals surface area (Å²) >= 11 is 0. The first-order chi connectivity index (χ1) is 6.15. The minimum atomic E-state index is -0.323. The van der Waals surface area contributed by atoms with Crippen LogP contribution in [-0.4, -0.2) is 18.3 Å². The first-order valence-electron chi connectivity index (χ1n) is 4.45. The van der Waals surface area contributed by atoms with Gasteiger partial charge in [0.25, 0.3) is 0 Å². The second-order valence-corrected chi connectivity index (χ2v) is 3.32. The summed E-state index contributed by atoms with van der Waals surface area (Å²) < 4.78 is 5.27. The van der Waals surface area contributed by atoms with Crippen LogP contribution in [0.4, 0.5) is 0 Å². The summed E-state index contributed by atoms with van der Waals surface area (Å²) in [7, 11) is 1.66. The van der Waals surface area contributed by atoms with Gasteiger partial charge in [0.2, 0.25) is 0 Å². The second-order valence-electron chi connectivity index (χ2n) is 3.32. The fourth-order valence-electron chi connectivity index (χ4n) is 1.48. The molecule has 0 radical (unpaired) electrons. The molecule has 0 aliphatic carbocycles. The van der Waals surface area contributed by atoms with Crippen LogP contribution in [0, 0.1) is 6.92 Å².